The molecular weight excluding hydrogens is 444 g/mol. The van der Waals surface area contributed by atoms with Crippen molar-refractivity contribution in [3.8, 4) is 17.2 Å². The summed E-state index contributed by atoms with van der Waals surface area (Å²) in [4.78, 5) is 33.5. The van der Waals surface area contributed by atoms with E-state index in [9.17, 15) is 14.4 Å². The van der Waals surface area contributed by atoms with E-state index in [2.05, 4.69) is 19.7 Å². The van der Waals surface area contributed by atoms with E-state index < -0.39 is 17.9 Å². The Morgan fingerprint density at radius 3 is 1.50 bits per heavy atom. The van der Waals surface area contributed by atoms with E-state index >= 15 is 0 Å². The molecule has 9 heteroatoms. The Morgan fingerprint density at radius 1 is 0.588 bits per heavy atom. The zero-order chi connectivity index (χ0) is 24.8. The summed E-state index contributed by atoms with van der Waals surface area (Å²) in [6.45, 7) is 10.6. The number of fused-ring (bicyclic) bond motifs is 1. The summed E-state index contributed by atoms with van der Waals surface area (Å²) in [5.74, 6) is -0.0324. The lowest BCUT2D eigenvalue weighted by Crippen LogP contribution is -2.11. The molecule has 34 heavy (non-hydrogen) atoms. The third-order valence-corrected chi connectivity index (χ3v) is 4.17. The maximum atomic E-state index is 11.2. The predicted molar refractivity (Wildman–Crippen MR) is 124 cm³/mol. The highest BCUT2D eigenvalue weighted by molar-refractivity contribution is 5.94. The minimum absolute atomic E-state index is 0.0458. The lowest BCUT2D eigenvalue weighted by molar-refractivity contribution is -0.139. The van der Waals surface area contributed by atoms with Crippen molar-refractivity contribution in [2.75, 3.05) is 39.6 Å². The van der Waals surface area contributed by atoms with Crippen molar-refractivity contribution in [3.63, 3.8) is 0 Å². The SMILES string of the molecule is C=CC(=O)OCCOc1ccc2c(OCCOC(=O)C=C)ccc(OCCOC(=O)C=C)c2c1. The molecule has 0 saturated carbocycles. The predicted octanol–water partition coefficient (Wildman–Crippen LogP) is 3.16. The maximum absolute atomic E-state index is 11.2. The van der Waals surface area contributed by atoms with Crippen LogP contribution in [-0.2, 0) is 28.6 Å². The third kappa shape index (κ3) is 8.34. The Kier molecular flexibility index (Phi) is 10.7. The van der Waals surface area contributed by atoms with Gasteiger partial charge < -0.3 is 28.4 Å². The van der Waals surface area contributed by atoms with Crippen molar-refractivity contribution >= 4 is 28.7 Å². The first-order valence-corrected chi connectivity index (χ1v) is 10.3. The molecule has 2 aromatic carbocycles. The van der Waals surface area contributed by atoms with Crippen LogP contribution in [0, 0.1) is 0 Å². The lowest BCUT2D eigenvalue weighted by atomic mass is 10.1. The van der Waals surface area contributed by atoms with Gasteiger partial charge in [-0.2, -0.15) is 0 Å². The molecule has 0 unspecified atom stereocenters. The lowest BCUT2D eigenvalue weighted by Gasteiger charge is -2.15. The number of hydrogen-bond acceptors (Lipinski definition) is 9. The van der Waals surface area contributed by atoms with Gasteiger partial charge in [0.25, 0.3) is 0 Å². The first-order chi connectivity index (χ1) is 16.5. The van der Waals surface area contributed by atoms with Crippen LogP contribution in [0.15, 0.2) is 68.3 Å². The van der Waals surface area contributed by atoms with Crippen LogP contribution < -0.4 is 14.2 Å². The fourth-order valence-electron chi connectivity index (χ4n) is 2.68. The van der Waals surface area contributed by atoms with Gasteiger partial charge in [-0.3, -0.25) is 0 Å². The van der Waals surface area contributed by atoms with Crippen LogP contribution in [0.2, 0.25) is 0 Å². The molecule has 0 N–H and O–H groups in total. The minimum atomic E-state index is -0.540. The van der Waals surface area contributed by atoms with Crippen LogP contribution in [0.5, 0.6) is 17.2 Å². The zero-order valence-corrected chi connectivity index (χ0v) is 18.7. The number of esters is 3. The van der Waals surface area contributed by atoms with Gasteiger partial charge in [-0.15, -0.1) is 0 Å². The highest BCUT2D eigenvalue weighted by Gasteiger charge is 2.11. The average molecular weight is 470 g/mol. The van der Waals surface area contributed by atoms with Crippen LogP contribution in [0.3, 0.4) is 0 Å². The van der Waals surface area contributed by atoms with Crippen LogP contribution >= 0.6 is 0 Å². The molecule has 2 rings (SSSR count). The quantitative estimate of drug-likeness (QED) is 0.168. The second-order valence-corrected chi connectivity index (χ2v) is 6.43. The van der Waals surface area contributed by atoms with Crippen molar-refractivity contribution in [1.82, 2.24) is 0 Å². The Bertz CT molecular complexity index is 1040. The summed E-state index contributed by atoms with van der Waals surface area (Å²) in [6.07, 6.45) is 3.23. The summed E-state index contributed by atoms with van der Waals surface area (Å²) >= 11 is 0. The van der Waals surface area contributed by atoms with Gasteiger partial charge >= 0.3 is 17.9 Å². The molecule has 0 fully saturated rings. The Balaban J connectivity index is 2.14. The van der Waals surface area contributed by atoms with Crippen LogP contribution in [0.1, 0.15) is 0 Å². The Labute approximate surface area is 197 Å². The number of benzene rings is 2. The van der Waals surface area contributed by atoms with Crippen molar-refractivity contribution < 1.29 is 42.8 Å². The highest BCUT2D eigenvalue weighted by Crippen LogP contribution is 2.35. The smallest absolute Gasteiger partial charge is 0.330 e. The molecule has 180 valence electrons. The molecule has 0 bridgehead atoms. The van der Waals surface area contributed by atoms with E-state index in [4.69, 9.17) is 28.4 Å². The summed E-state index contributed by atoms with van der Waals surface area (Å²) in [7, 11) is 0. The third-order valence-electron chi connectivity index (χ3n) is 4.17. The molecule has 0 aliphatic rings. The standard InChI is InChI=1S/C25H26O9/c1-4-23(26)32-14-11-29-18-7-8-19-20(17-18)22(31-13-16-34-25(28)6-3)10-9-21(19)30-12-15-33-24(27)5-2/h4-10,17H,1-3,11-16H2. The fourth-order valence-corrected chi connectivity index (χ4v) is 2.68. The Morgan fingerprint density at radius 2 is 1.03 bits per heavy atom. The molecular formula is C25H26O9. The number of rotatable bonds is 15. The molecule has 0 radical (unpaired) electrons. The van der Waals surface area contributed by atoms with Crippen molar-refractivity contribution in [3.05, 3.63) is 68.3 Å². The molecule has 2 aromatic rings. The van der Waals surface area contributed by atoms with Gasteiger partial charge in [0.1, 0.15) is 56.9 Å². The molecule has 0 aromatic heterocycles. The first kappa shape index (κ1) is 26.0. The molecule has 0 heterocycles. The summed E-state index contributed by atoms with van der Waals surface area (Å²) in [5.41, 5.74) is 0. The summed E-state index contributed by atoms with van der Waals surface area (Å²) in [5, 5.41) is 1.40. The number of hydrogen-bond donors (Lipinski definition) is 0. The highest BCUT2D eigenvalue weighted by atomic mass is 16.6. The first-order valence-electron chi connectivity index (χ1n) is 10.3. The van der Waals surface area contributed by atoms with Gasteiger partial charge in [0, 0.05) is 29.0 Å². The maximum Gasteiger partial charge on any atom is 0.330 e. The van der Waals surface area contributed by atoms with Gasteiger partial charge in [0.15, 0.2) is 0 Å². The summed E-state index contributed by atoms with van der Waals surface area (Å²) in [6, 6.07) is 8.70. The average Bonchev–Trinajstić information content (AvgIpc) is 2.86. The molecule has 0 amide bonds. The van der Waals surface area contributed by atoms with E-state index in [0.717, 1.165) is 23.6 Å². The molecule has 0 spiro atoms. The van der Waals surface area contributed by atoms with E-state index in [1.807, 2.05) is 0 Å². The number of carbonyl (C=O) groups excluding carboxylic acids is 3. The normalized spacial score (nSPS) is 10.0. The molecule has 0 saturated heterocycles. The van der Waals surface area contributed by atoms with Crippen molar-refractivity contribution in [2.24, 2.45) is 0 Å². The molecule has 0 aliphatic heterocycles. The molecule has 0 atom stereocenters. The summed E-state index contributed by atoms with van der Waals surface area (Å²) < 4.78 is 32.0. The monoisotopic (exact) mass is 470 g/mol. The second-order valence-electron chi connectivity index (χ2n) is 6.43. The molecule has 9 nitrogen and oxygen atoms in total. The van der Waals surface area contributed by atoms with E-state index in [1.54, 1.807) is 30.3 Å². The van der Waals surface area contributed by atoms with E-state index in [0.29, 0.717) is 22.6 Å². The van der Waals surface area contributed by atoms with Crippen molar-refractivity contribution in [1.29, 1.82) is 0 Å². The van der Waals surface area contributed by atoms with Gasteiger partial charge in [-0.25, -0.2) is 14.4 Å². The van der Waals surface area contributed by atoms with Crippen molar-refractivity contribution in [2.45, 2.75) is 0 Å². The number of carbonyl (C=O) groups is 3. The van der Waals surface area contributed by atoms with Gasteiger partial charge in [-0.1, -0.05) is 19.7 Å². The number of ether oxygens (including phenoxy) is 6. The van der Waals surface area contributed by atoms with E-state index in [-0.39, 0.29) is 39.6 Å². The van der Waals surface area contributed by atoms with Crippen LogP contribution in [0.25, 0.3) is 10.8 Å². The van der Waals surface area contributed by atoms with Gasteiger partial charge in [-0.05, 0) is 30.3 Å². The van der Waals surface area contributed by atoms with E-state index in [1.165, 1.54) is 0 Å². The fraction of sp³-hybridized carbons (Fsp3) is 0.240. The minimum Gasteiger partial charge on any atom is -0.490 e. The second kappa shape index (κ2) is 14.0. The zero-order valence-electron chi connectivity index (χ0n) is 18.7. The Hall–Kier alpha value is -4.27. The van der Waals surface area contributed by atoms with Crippen LogP contribution in [0.4, 0.5) is 0 Å². The topological polar surface area (TPSA) is 107 Å². The van der Waals surface area contributed by atoms with Gasteiger partial charge in [0.05, 0.1) is 0 Å². The van der Waals surface area contributed by atoms with Crippen LogP contribution in [-0.4, -0.2) is 57.5 Å². The largest absolute Gasteiger partial charge is 0.490 e. The molecule has 0 aliphatic carbocycles. The van der Waals surface area contributed by atoms with Gasteiger partial charge in [0.2, 0.25) is 0 Å².